The van der Waals surface area contributed by atoms with E-state index in [2.05, 4.69) is 10.6 Å². The molecular weight excluding hydrogens is 369 g/mol. The fourth-order valence-corrected chi connectivity index (χ4v) is 2.53. The summed E-state index contributed by atoms with van der Waals surface area (Å²) >= 11 is 0. The van der Waals surface area contributed by atoms with Gasteiger partial charge in [-0.3, -0.25) is 9.59 Å². The van der Waals surface area contributed by atoms with E-state index in [1.165, 1.54) is 24.3 Å². The van der Waals surface area contributed by atoms with Crippen molar-refractivity contribution in [1.82, 2.24) is 5.32 Å². The summed E-state index contributed by atoms with van der Waals surface area (Å²) in [5.41, 5.74) is 7.00. The standard InChI is InChI=1S/C20H24FN3O2.ClH/c1-3-12-20(2,22)19(26)23-13-14-4-10-17(11-5-14)24-18(25)15-6-8-16(21)9-7-15;/h4-11H,3,12-13,22H2,1-2H3,(H,23,26)(H,24,25);1H. The lowest BCUT2D eigenvalue weighted by Crippen LogP contribution is -2.51. The molecule has 1 unspecified atom stereocenters. The molecule has 0 radical (unpaired) electrons. The molecule has 2 aromatic rings. The molecular formula is C20H25ClFN3O2. The van der Waals surface area contributed by atoms with E-state index in [1.807, 2.05) is 19.1 Å². The molecule has 4 N–H and O–H groups in total. The van der Waals surface area contributed by atoms with Gasteiger partial charge in [0.15, 0.2) is 0 Å². The number of rotatable bonds is 7. The van der Waals surface area contributed by atoms with Gasteiger partial charge in [0.05, 0.1) is 5.54 Å². The number of hydrogen-bond donors (Lipinski definition) is 3. The minimum absolute atomic E-state index is 0. The van der Waals surface area contributed by atoms with E-state index in [-0.39, 0.29) is 30.0 Å². The zero-order valence-electron chi connectivity index (χ0n) is 15.4. The van der Waals surface area contributed by atoms with E-state index in [4.69, 9.17) is 5.73 Å². The number of benzene rings is 2. The summed E-state index contributed by atoms with van der Waals surface area (Å²) in [6, 6.07) is 12.5. The third kappa shape index (κ3) is 6.66. The van der Waals surface area contributed by atoms with Crippen LogP contribution < -0.4 is 16.4 Å². The molecule has 2 rings (SSSR count). The second-order valence-corrected chi connectivity index (χ2v) is 6.51. The van der Waals surface area contributed by atoms with E-state index >= 15 is 0 Å². The van der Waals surface area contributed by atoms with Gasteiger partial charge in [0.2, 0.25) is 5.91 Å². The van der Waals surface area contributed by atoms with Gasteiger partial charge in [-0.25, -0.2) is 4.39 Å². The predicted molar refractivity (Wildman–Crippen MR) is 107 cm³/mol. The number of hydrogen-bond acceptors (Lipinski definition) is 3. The molecule has 0 spiro atoms. The zero-order chi connectivity index (χ0) is 19.2. The summed E-state index contributed by atoms with van der Waals surface area (Å²) in [4.78, 5) is 24.2. The molecule has 0 aromatic heterocycles. The number of anilines is 1. The van der Waals surface area contributed by atoms with Crippen molar-refractivity contribution in [3.8, 4) is 0 Å². The molecule has 146 valence electrons. The normalized spacial score (nSPS) is 12.4. The predicted octanol–water partition coefficient (Wildman–Crippen LogP) is 3.63. The van der Waals surface area contributed by atoms with E-state index in [0.29, 0.717) is 24.2 Å². The van der Waals surface area contributed by atoms with Gasteiger partial charge in [-0.05, 0) is 55.3 Å². The number of halogens is 2. The molecule has 0 aliphatic rings. The minimum Gasteiger partial charge on any atom is -0.350 e. The molecule has 0 aliphatic heterocycles. The lowest BCUT2D eigenvalue weighted by Gasteiger charge is -2.22. The molecule has 0 bridgehead atoms. The summed E-state index contributed by atoms with van der Waals surface area (Å²) in [7, 11) is 0. The van der Waals surface area contributed by atoms with Crippen LogP contribution in [0.4, 0.5) is 10.1 Å². The van der Waals surface area contributed by atoms with Crippen LogP contribution in [0.5, 0.6) is 0 Å². The lowest BCUT2D eigenvalue weighted by molar-refractivity contribution is -0.126. The molecule has 2 aromatic carbocycles. The van der Waals surface area contributed by atoms with E-state index in [1.54, 1.807) is 19.1 Å². The SMILES string of the molecule is CCCC(C)(N)C(=O)NCc1ccc(NC(=O)c2ccc(F)cc2)cc1.Cl. The Hall–Kier alpha value is -2.44. The van der Waals surface area contributed by atoms with Gasteiger partial charge in [0.25, 0.3) is 5.91 Å². The Morgan fingerprint density at radius 2 is 1.67 bits per heavy atom. The maximum Gasteiger partial charge on any atom is 0.255 e. The molecule has 0 aliphatic carbocycles. The summed E-state index contributed by atoms with van der Waals surface area (Å²) in [5.74, 6) is -0.891. The monoisotopic (exact) mass is 393 g/mol. The van der Waals surface area contributed by atoms with Crippen LogP contribution in [-0.2, 0) is 11.3 Å². The molecule has 5 nitrogen and oxygen atoms in total. The topological polar surface area (TPSA) is 84.2 Å². The molecule has 7 heteroatoms. The molecule has 2 amide bonds. The van der Waals surface area contributed by atoms with Crippen molar-refractivity contribution in [2.24, 2.45) is 5.73 Å². The Balaban J connectivity index is 0.00000364. The first kappa shape index (κ1) is 22.6. The molecule has 0 heterocycles. The van der Waals surface area contributed by atoms with Gasteiger partial charge in [-0.1, -0.05) is 25.5 Å². The van der Waals surface area contributed by atoms with Gasteiger partial charge in [-0.15, -0.1) is 12.4 Å². The van der Waals surface area contributed by atoms with Crippen LogP contribution in [0.3, 0.4) is 0 Å². The maximum absolute atomic E-state index is 12.9. The summed E-state index contributed by atoms with van der Waals surface area (Å²) in [6.07, 6.45) is 1.45. The van der Waals surface area contributed by atoms with Crippen LogP contribution in [0, 0.1) is 5.82 Å². The minimum atomic E-state index is -0.877. The van der Waals surface area contributed by atoms with Crippen molar-refractivity contribution in [2.75, 3.05) is 5.32 Å². The lowest BCUT2D eigenvalue weighted by atomic mass is 9.96. The van der Waals surface area contributed by atoms with Crippen molar-refractivity contribution >= 4 is 29.9 Å². The molecule has 0 fully saturated rings. The van der Waals surface area contributed by atoms with Gasteiger partial charge >= 0.3 is 0 Å². The highest BCUT2D eigenvalue weighted by Gasteiger charge is 2.26. The van der Waals surface area contributed by atoms with Crippen LogP contribution >= 0.6 is 12.4 Å². The zero-order valence-corrected chi connectivity index (χ0v) is 16.2. The highest BCUT2D eigenvalue weighted by atomic mass is 35.5. The van der Waals surface area contributed by atoms with E-state index < -0.39 is 5.54 Å². The smallest absolute Gasteiger partial charge is 0.255 e. The van der Waals surface area contributed by atoms with Gasteiger partial charge in [-0.2, -0.15) is 0 Å². The average Bonchev–Trinajstić information content (AvgIpc) is 2.61. The molecule has 0 saturated carbocycles. The van der Waals surface area contributed by atoms with Crippen LogP contribution in [0.2, 0.25) is 0 Å². The third-order valence-corrected chi connectivity index (χ3v) is 4.06. The number of nitrogens with one attached hydrogen (secondary N) is 2. The fourth-order valence-electron chi connectivity index (χ4n) is 2.53. The Morgan fingerprint density at radius 1 is 1.07 bits per heavy atom. The second-order valence-electron chi connectivity index (χ2n) is 6.51. The number of carbonyl (C=O) groups excluding carboxylic acids is 2. The Bertz CT molecular complexity index is 762. The van der Waals surface area contributed by atoms with Crippen molar-refractivity contribution in [3.63, 3.8) is 0 Å². The largest absolute Gasteiger partial charge is 0.350 e. The first-order valence-corrected chi connectivity index (χ1v) is 8.55. The van der Waals surface area contributed by atoms with Crippen LogP contribution in [0.1, 0.15) is 42.6 Å². The van der Waals surface area contributed by atoms with Crippen LogP contribution in [0.25, 0.3) is 0 Å². The Morgan fingerprint density at radius 3 is 2.22 bits per heavy atom. The first-order chi connectivity index (χ1) is 12.3. The quantitative estimate of drug-likeness (QED) is 0.671. The summed E-state index contributed by atoms with van der Waals surface area (Å²) in [5, 5.41) is 5.57. The average molecular weight is 394 g/mol. The van der Waals surface area contributed by atoms with Crippen molar-refractivity contribution in [3.05, 3.63) is 65.5 Å². The number of carbonyl (C=O) groups is 2. The highest BCUT2D eigenvalue weighted by molar-refractivity contribution is 6.04. The molecule has 27 heavy (non-hydrogen) atoms. The summed E-state index contributed by atoms with van der Waals surface area (Å²) < 4.78 is 12.9. The Kier molecular flexibility index (Phi) is 8.40. The van der Waals surface area contributed by atoms with E-state index in [0.717, 1.165) is 12.0 Å². The van der Waals surface area contributed by atoms with E-state index in [9.17, 15) is 14.0 Å². The summed E-state index contributed by atoms with van der Waals surface area (Å²) in [6.45, 7) is 4.07. The van der Waals surface area contributed by atoms with Crippen LogP contribution in [-0.4, -0.2) is 17.4 Å². The number of nitrogens with two attached hydrogens (primary N) is 1. The first-order valence-electron chi connectivity index (χ1n) is 8.55. The van der Waals surface area contributed by atoms with Crippen molar-refractivity contribution < 1.29 is 14.0 Å². The number of amides is 2. The Labute approximate surface area is 164 Å². The second kappa shape index (κ2) is 10.0. The van der Waals surface area contributed by atoms with Crippen molar-refractivity contribution in [1.29, 1.82) is 0 Å². The van der Waals surface area contributed by atoms with Gasteiger partial charge in [0.1, 0.15) is 5.82 Å². The van der Waals surface area contributed by atoms with Crippen LogP contribution in [0.15, 0.2) is 48.5 Å². The van der Waals surface area contributed by atoms with Crippen molar-refractivity contribution in [2.45, 2.75) is 38.8 Å². The highest BCUT2D eigenvalue weighted by Crippen LogP contribution is 2.13. The molecule has 0 saturated heterocycles. The molecule has 1 atom stereocenters. The maximum atomic E-state index is 12.9. The van der Waals surface area contributed by atoms with Gasteiger partial charge < -0.3 is 16.4 Å². The third-order valence-electron chi connectivity index (χ3n) is 4.06. The van der Waals surface area contributed by atoms with Gasteiger partial charge in [0, 0.05) is 17.8 Å². The fraction of sp³-hybridized carbons (Fsp3) is 0.300.